The van der Waals surface area contributed by atoms with Gasteiger partial charge in [0.05, 0.1) is 6.20 Å². The predicted octanol–water partition coefficient (Wildman–Crippen LogP) is 2.41. The van der Waals surface area contributed by atoms with Gasteiger partial charge >= 0.3 is 0 Å². The molecule has 1 rings (SSSR count). The SMILES string of the molecule is CCc1c(C)cnn1CC(C)C. The van der Waals surface area contributed by atoms with E-state index in [2.05, 4.69) is 37.5 Å². The van der Waals surface area contributed by atoms with Gasteiger partial charge < -0.3 is 0 Å². The minimum atomic E-state index is 0.676. The fourth-order valence-electron chi connectivity index (χ4n) is 1.47. The number of aromatic nitrogens is 2. The molecular formula is C10H18N2. The zero-order chi connectivity index (χ0) is 9.14. The highest BCUT2D eigenvalue weighted by atomic mass is 15.3. The lowest BCUT2D eigenvalue weighted by Gasteiger charge is -2.08. The molecule has 0 saturated heterocycles. The van der Waals surface area contributed by atoms with Crippen LogP contribution >= 0.6 is 0 Å². The second-order valence-electron chi connectivity index (χ2n) is 3.70. The summed E-state index contributed by atoms with van der Waals surface area (Å²) in [7, 11) is 0. The first-order chi connectivity index (χ1) is 5.65. The van der Waals surface area contributed by atoms with Crippen LogP contribution in [0.1, 0.15) is 32.0 Å². The van der Waals surface area contributed by atoms with Gasteiger partial charge in [-0.1, -0.05) is 20.8 Å². The smallest absolute Gasteiger partial charge is 0.0521 e. The molecule has 68 valence electrons. The van der Waals surface area contributed by atoms with E-state index in [4.69, 9.17) is 0 Å². The molecule has 1 aromatic rings. The van der Waals surface area contributed by atoms with Crippen molar-refractivity contribution in [3.63, 3.8) is 0 Å². The monoisotopic (exact) mass is 166 g/mol. The molecule has 12 heavy (non-hydrogen) atoms. The molecule has 1 heterocycles. The maximum Gasteiger partial charge on any atom is 0.0521 e. The molecule has 0 unspecified atom stereocenters. The van der Waals surface area contributed by atoms with E-state index in [1.165, 1.54) is 11.3 Å². The van der Waals surface area contributed by atoms with Crippen molar-refractivity contribution < 1.29 is 0 Å². The van der Waals surface area contributed by atoms with Crippen LogP contribution in [0.2, 0.25) is 0 Å². The van der Waals surface area contributed by atoms with E-state index in [1.54, 1.807) is 0 Å². The van der Waals surface area contributed by atoms with Gasteiger partial charge in [0, 0.05) is 12.2 Å². The van der Waals surface area contributed by atoms with Crippen LogP contribution in [-0.2, 0) is 13.0 Å². The zero-order valence-electron chi connectivity index (χ0n) is 8.46. The second kappa shape index (κ2) is 3.74. The third kappa shape index (κ3) is 1.87. The van der Waals surface area contributed by atoms with Crippen LogP contribution in [-0.4, -0.2) is 9.78 Å². The van der Waals surface area contributed by atoms with Crippen LogP contribution < -0.4 is 0 Å². The van der Waals surface area contributed by atoms with Crippen molar-refractivity contribution in [1.29, 1.82) is 0 Å². The van der Waals surface area contributed by atoms with E-state index in [0.717, 1.165) is 13.0 Å². The lowest BCUT2D eigenvalue weighted by Crippen LogP contribution is -2.09. The molecule has 0 atom stereocenters. The highest BCUT2D eigenvalue weighted by Crippen LogP contribution is 2.09. The molecule has 0 aliphatic rings. The van der Waals surface area contributed by atoms with Gasteiger partial charge in [0.15, 0.2) is 0 Å². The van der Waals surface area contributed by atoms with Crippen LogP contribution in [0.25, 0.3) is 0 Å². The van der Waals surface area contributed by atoms with Crippen LogP contribution in [0.3, 0.4) is 0 Å². The Labute approximate surface area is 74.6 Å². The van der Waals surface area contributed by atoms with Crippen molar-refractivity contribution in [1.82, 2.24) is 9.78 Å². The Morgan fingerprint density at radius 1 is 1.50 bits per heavy atom. The van der Waals surface area contributed by atoms with Crippen molar-refractivity contribution in [3.8, 4) is 0 Å². The van der Waals surface area contributed by atoms with Crippen LogP contribution in [0.4, 0.5) is 0 Å². The van der Waals surface area contributed by atoms with E-state index in [-0.39, 0.29) is 0 Å². The van der Waals surface area contributed by atoms with E-state index < -0.39 is 0 Å². The second-order valence-corrected chi connectivity index (χ2v) is 3.70. The molecule has 0 spiro atoms. The molecule has 2 heteroatoms. The topological polar surface area (TPSA) is 17.8 Å². The van der Waals surface area contributed by atoms with Crippen molar-refractivity contribution in [2.75, 3.05) is 0 Å². The van der Waals surface area contributed by atoms with Gasteiger partial charge in [0.2, 0.25) is 0 Å². The third-order valence-electron chi connectivity index (χ3n) is 2.03. The molecule has 0 saturated carbocycles. The molecule has 0 fully saturated rings. The fraction of sp³-hybridized carbons (Fsp3) is 0.700. The standard InChI is InChI=1S/C10H18N2/c1-5-10-9(4)6-11-12(10)7-8(2)3/h6,8H,5,7H2,1-4H3. The third-order valence-corrected chi connectivity index (χ3v) is 2.03. The normalized spacial score (nSPS) is 11.1. The summed E-state index contributed by atoms with van der Waals surface area (Å²) in [6.45, 7) is 9.79. The van der Waals surface area contributed by atoms with Gasteiger partial charge in [-0.15, -0.1) is 0 Å². The Morgan fingerprint density at radius 2 is 2.17 bits per heavy atom. The molecule has 0 aromatic carbocycles. The van der Waals surface area contributed by atoms with Crippen molar-refractivity contribution in [2.45, 2.75) is 40.7 Å². The zero-order valence-corrected chi connectivity index (χ0v) is 8.46. The highest BCUT2D eigenvalue weighted by Gasteiger charge is 2.05. The van der Waals surface area contributed by atoms with Gasteiger partial charge in [-0.25, -0.2) is 0 Å². The number of aryl methyl sites for hydroxylation is 1. The molecule has 0 aliphatic heterocycles. The molecule has 2 nitrogen and oxygen atoms in total. The Bertz CT molecular complexity index is 248. The van der Waals surface area contributed by atoms with Gasteiger partial charge in [-0.05, 0) is 24.8 Å². The first-order valence-corrected chi connectivity index (χ1v) is 4.66. The van der Waals surface area contributed by atoms with Gasteiger partial charge in [0.25, 0.3) is 0 Å². The lowest BCUT2D eigenvalue weighted by atomic mass is 10.2. The summed E-state index contributed by atoms with van der Waals surface area (Å²) in [5, 5.41) is 4.34. The van der Waals surface area contributed by atoms with Crippen LogP contribution in [0.5, 0.6) is 0 Å². The maximum atomic E-state index is 4.34. The molecule has 0 radical (unpaired) electrons. The minimum absolute atomic E-state index is 0.676. The Kier molecular flexibility index (Phi) is 2.90. The Morgan fingerprint density at radius 3 is 2.67 bits per heavy atom. The first kappa shape index (κ1) is 9.30. The summed E-state index contributed by atoms with van der Waals surface area (Å²) in [6, 6.07) is 0. The summed E-state index contributed by atoms with van der Waals surface area (Å²) in [5.41, 5.74) is 2.70. The van der Waals surface area contributed by atoms with Gasteiger partial charge in [0.1, 0.15) is 0 Å². The quantitative estimate of drug-likeness (QED) is 0.674. The van der Waals surface area contributed by atoms with E-state index in [9.17, 15) is 0 Å². The average Bonchev–Trinajstić information content (AvgIpc) is 2.30. The van der Waals surface area contributed by atoms with Crippen molar-refractivity contribution >= 4 is 0 Å². The summed E-state index contributed by atoms with van der Waals surface area (Å²) in [5.74, 6) is 0.676. The minimum Gasteiger partial charge on any atom is -0.269 e. The lowest BCUT2D eigenvalue weighted by molar-refractivity contribution is 0.469. The average molecular weight is 166 g/mol. The van der Waals surface area contributed by atoms with E-state index >= 15 is 0 Å². The molecule has 1 aromatic heterocycles. The maximum absolute atomic E-state index is 4.34. The fourth-order valence-corrected chi connectivity index (χ4v) is 1.47. The van der Waals surface area contributed by atoms with E-state index in [0.29, 0.717) is 5.92 Å². The summed E-state index contributed by atoms with van der Waals surface area (Å²) in [6.07, 6.45) is 3.04. The molecular weight excluding hydrogens is 148 g/mol. The van der Waals surface area contributed by atoms with Crippen molar-refractivity contribution in [2.24, 2.45) is 5.92 Å². The Hall–Kier alpha value is -0.790. The van der Waals surface area contributed by atoms with Crippen LogP contribution in [0, 0.1) is 12.8 Å². The molecule has 0 amide bonds. The Balaban J connectivity index is 2.84. The van der Waals surface area contributed by atoms with Crippen molar-refractivity contribution in [3.05, 3.63) is 17.5 Å². The van der Waals surface area contributed by atoms with Crippen LogP contribution in [0.15, 0.2) is 6.20 Å². The summed E-state index contributed by atoms with van der Waals surface area (Å²) in [4.78, 5) is 0. The van der Waals surface area contributed by atoms with Gasteiger partial charge in [-0.3, -0.25) is 4.68 Å². The highest BCUT2D eigenvalue weighted by molar-refractivity contribution is 5.15. The van der Waals surface area contributed by atoms with Gasteiger partial charge in [-0.2, -0.15) is 5.10 Å². The summed E-state index contributed by atoms with van der Waals surface area (Å²) >= 11 is 0. The summed E-state index contributed by atoms with van der Waals surface area (Å²) < 4.78 is 2.12. The number of hydrogen-bond acceptors (Lipinski definition) is 1. The molecule has 0 N–H and O–H groups in total. The largest absolute Gasteiger partial charge is 0.269 e. The number of nitrogens with zero attached hydrogens (tertiary/aromatic N) is 2. The predicted molar refractivity (Wildman–Crippen MR) is 51.2 cm³/mol. The molecule has 0 bridgehead atoms. The number of rotatable bonds is 3. The number of hydrogen-bond donors (Lipinski definition) is 0. The molecule has 0 aliphatic carbocycles. The first-order valence-electron chi connectivity index (χ1n) is 4.66. The van der Waals surface area contributed by atoms with E-state index in [1.807, 2.05) is 6.20 Å².